The van der Waals surface area contributed by atoms with Crippen molar-refractivity contribution < 1.29 is 24.2 Å². The molecule has 0 radical (unpaired) electrons. The Labute approximate surface area is 200 Å². The van der Waals surface area contributed by atoms with Crippen LogP contribution in [-0.2, 0) is 27.4 Å². The Hall–Kier alpha value is -3.12. The van der Waals surface area contributed by atoms with Crippen molar-refractivity contribution in [1.29, 1.82) is 0 Å². The Kier molecular flexibility index (Phi) is 8.15. The molecule has 1 aliphatic rings. The van der Waals surface area contributed by atoms with Crippen molar-refractivity contribution in [3.05, 3.63) is 43.6 Å². The van der Waals surface area contributed by atoms with E-state index in [0.29, 0.717) is 40.4 Å². The summed E-state index contributed by atoms with van der Waals surface area (Å²) in [5.41, 5.74) is 1.87. The van der Waals surface area contributed by atoms with Gasteiger partial charge in [-0.2, -0.15) is 0 Å². The van der Waals surface area contributed by atoms with Gasteiger partial charge in [0.25, 0.3) is 11.5 Å². The lowest BCUT2D eigenvalue weighted by Crippen LogP contribution is -2.44. The van der Waals surface area contributed by atoms with Crippen LogP contribution < -0.4 is 16.7 Å². The summed E-state index contributed by atoms with van der Waals surface area (Å²) in [5, 5.41) is 10.5. The van der Waals surface area contributed by atoms with E-state index in [2.05, 4.69) is 5.43 Å². The van der Waals surface area contributed by atoms with Gasteiger partial charge >= 0.3 is 11.8 Å². The minimum atomic E-state index is -1.41. The van der Waals surface area contributed by atoms with Crippen molar-refractivity contribution in [2.24, 2.45) is 0 Å². The lowest BCUT2D eigenvalue weighted by Gasteiger charge is -2.19. The molecule has 0 aliphatic carbocycles. The summed E-state index contributed by atoms with van der Waals surface area (Å²) in [5.74, 6) is -0.635. The zero-order valence-electron chi connectivity index (χ0n) is 19.7. The van der Waals surface area contributed by atoms with Crippen LogP contribution in [0.1, 0.15) is 50.1 Å². The number of hydrogen-bond acceptors (Lipinski definition) is 7. The molecule has 186 valence electrons. The van der Waals surface area contributed by atoms with E-state index in [1.54, 1.807) is 32.3 Å². The van der Waals surface area contributed by atoms with Crippen molar-refractivity contribution in [3.8, 4) is 0 Å². The number of aromatic nitrogens is 2. The average Bonchev–Trinajstić information content (AvgIpc) is 3.38. The van der Waals surface area contributed by atoms with Gasteiger partial charge in [-0.1, -0.05) is 0 Å². The summed E-state index contributed by atoms with van der Waals surface area (Å²) in [4.78, 5) is 51.5. The van der Waals surface area contributed by atoms with Gasteiger partial charge in [0, 0.05) is 23.6 Å². The second kappa shape index (κ2) is 10.9. The molecular formula is C22H30N4O7S. The third kappa shape index (κ3) is 5.33. The molecule has 0 bridgehead atoms. The number of aryl methyl sites for hydroxylation is 1. The zero-order chi connectivity index (χ0) is 25.0. The number of hydrazine groups is 1. The molecule has 1 fully saturated rings. The minimum absolute atomic E-state index is 0.123. The molecule has 1 saturated heterocycles. The van der Waals surface area contributed by atoms with E-state index < -0.39 is 23.2 Å². The Balaban J connectivity index is 2.11. The van der Waals surface area contributed by atoms with Crippen LogP contribution in [0.5, 0.6) is 0 Å². The number of ether oxygens (including phenoxy) is 2. The quantitative estimate of drug-likeness (QED) is 0.327. The number of hydrogen-bond donors (Lipinski definition) is 2. The van der Waals surface area contributed by atoms with E-state index in [-0.39, 0.29) is 18.7 Å². The third-order valence-electron chi connectivity index (χ3n) is 5.54. The molecule has 12 heteroatoms. The average molecular weight is 495 g/mol. The highest BCUT2D eigenvalue weighted by atomic mass is 32.1. The predicted octanol–water partition coefficient (Wildman–Crippen LogP) is 2.35. The summed E-state index contributed by atoms with van der Waals surface area (Å²) in [6, 6.07) is -0.349. The molecule has 1 atom stereocenters. The van der Waals surface area contributed by atoms with Crippen molar-refractivity contribution >= 4 is 33.6 Å². The minimum Gasteiger partial charge on any atom is -0.501 e. The molecule has 3 rings (SSSR count). The number of nitrogens with one attached hydrogen (secondary N) is 1. The van der Waals surface area contributed by atoms with E-state index in [4.69, 9.17) is 9.47 Å². The maximum absolute atomic E-state index is 13.3. The smallest absolute Gasteiger partial charge is 0.423 e. The Morgan fingerprint density at radius 3 is 2.71 bits per heavy atom. The van der Waals surface area contributed by atoms with Gasteiger partial charge in [-0.25, -0.2) is 20.0 Å². The summed E-state index contributed by atoms with van der Waals surface area (Å²) in [6.45, 7) is 8.22. The molecule has 2 N–H and O–H groups in total. The summed E-state index contributed by atoms with van der Waals surface area (Å²) < 4.78 is 13.6. The van der Waals surface area contributed by atoms with Crippen LogP contribution >= 0.6 is 11.3 Å². The molecule has 11 nitrogen and oxygen atoms in total. The number of carboxylic acid groups (broad SMARTS) is 1. The van der Waals surface area contributed by atoms with Crippen LogP contribution in [0.2, 0.25) is 0 Å². The van der Waals surface area contributed by atoms with Gasteiger partial charge in [0.05, 0.1) is 37.4 Å². The van der Waals surface area contributed by atoms with E-state index >= 15 is 0 Å². The van der Waals surface area contributed by atoms with Gasteiger partial charge < -0.3 is 14.6 Å². The first kappa shape index (κ1) is 25.5. The lowest BCUT2D eigenvalue weighted by atomic mass is 10.2. The molecule has 3 heterocycles. The van der Waals surface area contributed by atoms with E-state index in [9.17, 15) is 24.3 Å². The van der Waals surface area contributed by atoms with E-state index in [1.807, 2.05) is 0 Å². The first-order chi connectivity index (χ1) is 16.1. The normalized spacial score (nSPS) is 16.0. The topological polar surface area (TPSA) is 132 Å². The first-order valence-corrected chi connectivity index (χ1v) is 11.9. The van der Waals surface area contributed by atoms with Gasteiger partial charge in [-0.3, -0.25) is 18.7 Å². The first-order valence-electron chi connectivity index (χ1n) is 11.1. The number of nitrogens with zero attached hydrogens (tertiary/aromatic N) is 3. The fourth-order valence-corrected chi connectivity index (χ4v) is 5.18. The molecule has 2 aromatic heterocycles. The predicted molar refractivity (Wildman–Crippen MR) is 127 cm³/mol. The number of carbonyl (C=O) groups excluding carboxylic acids is 1. The number of fused-ring (bicyclic) bond motifs is 1. The monoisotopic (exact) mass is 494 g/mol. The fourth-order valence-electron chi connectivity index (χ4n) is 3.89. The largest absolute Gasteiger partial charge is 0.501 e. The van der Waals surface area contributed by atoms with E-state index in [1.165, 1.54) is 22.2 Å². The summed E-state index contributed by atoms with van der Waals surface area (Å²) in [6.07, 6.45) is 2.50. The SMILES string of the molecule is CCO/C=C/C(=O)N(Cc1sc2c(c1C)c(=O)n(C(C)C)c(=O)n2CC1CCCO1)NC(=O)O. The van der Waals surface area contributed by atoms with Crippen LogP contribution in [0, 0.1) is 6.92 Å². The number of rotatable bonds is 8. The molecule has 0 aromatic carbocycles. The Bertz CT molecular complexity index is 1200. The summed E-state index contributed by atoms with van der Waals surface area (Å²) >= 11 is 1.20. The maximum atomic E-state index is 13.3. The highest BCUT2D eigenvalue weighted by Crippen LogP contribution is 2.30. The maximum Gasteiger partial charge on any atom is 0.423 e. The Morgan fingerprint density at radius 1 is 1.38 bits per heavy atom. The number of carbonyl (C=O) groups is 2. The molecule has 1 unspecified atom stereocenters. The number of thiophene rings is 1. The van der Waals surface area contributed by atoms with Crippen molar-refractivity contribution in [3.63, 3.8) is 0 Å². The second-order valence-corrected chi connectivity index (χ2v) is 9.31. The highest BCUT2D eigenvalue weighted by molar-refractivity contribution is 7.18. The zero-order valence-corrected chi connectivity index (χ0v) is 20.5. The molecule has 34 heavy (non-hydrogen) atoms. The standard InChI is InChI=1S/C22H30N4O7S/c1-5-32-10-8-17(27)25(23-21(29)30)12-16-14(4)18-19(28)26(13(2)3)22(31)24(20(18)34-16)11-15-7-6-9-33-15/h8,10,13,15,23H,5-7,9,11-12H2,1-4H3,(H,29,30)/b10-8+. The molecule has 2 amide bonds. The van der Waals surface area contributed by atoms with Crippen LogP contribution in [0.25, 0.3) is 10.2 Å². The Morgan fingerprint density at radius 2 is 2.12 bits per heavy atom. The molecule has 2 aromatic rings. The van der Waals surface area contributed by atoms with Crippen LogP contribution in [0.15, 0.2) is 21.9 Å². The number of amides is 2. The second-order valence-electron chi connectivity index (χ2n) is 8.23. The lowest BCUT2D eigenvalue weighted by molar-refractivity contribution is -0.129. The van der Waals surface area contributed by atoms with Crippen LogP contribution in [0.4, 0.5) is 4.79 Å². The fraction of sp³-hybridized carbons (Fsp3) is 0.545. The van der Waals surface area contributed by atoms with Crippen molar-refractivity contribution in [2.45, 2.75) is 65.8 Å². The van der Waals surface area contributed by atoms with Gasteiger partial charge in [-0.15, -0.1) is 11.3 Å². The summed E-state index contributed by atoms with van der Waals surface area (Å²) in [7, 11) is 0. The third-order valence-corrected chi connectivity index (χ3v) is 6.84. The van der Waals surface area contributed by atoms with Crippen LogP contribution in [0.3, 0.4) is 0 Å². The molecule has 0 saturated carbocycles. The molecule has 1 aliphatic heterocycles. The molecular weight excluding hydrogens is 464 g/mol. The van der Waals surface area contributed by atoms with Gasteiger partial charge in [0.15, 0.2) is 0 Å². The van der Waals surface area contributed by atoms with Gasteiger partial charge in [-0.05, 0) is 46.1 Å². The highest BCUT2D eigenvalue weighted by Gasteiger charge is 2.26. The molecule has 0 spiro atoms. The van der Waals surface area contributed by atoms with Crippen molar-refractivity contribution in [2.75, 3.05) is 13.2 Å². The van der Waals surface area contributed by atoms with Crippen molar-refractivity contribution in [1.82, 2.24) is 19.6 Å². The van der Waals surface area contributed by atoms with Gasteiger partial charge in [0.1, 0.15) is 4.83 Å². The van der Waals surface area contributed by atoms with Crippen LogP contribution in [-0.4, -0.2) is 50.6 Å². The van der Waals surface area contributed by atoms with Gasteiger partial charge in [0.2, 0.25) is 0 Å². The van der Waals surface area contributed by atoms with E-state index in [0.717, 1.165) is 23.9 Å².